The highest BCUT2D eigenvalue weighted by Crippen LogP contribution is 2.46. The van der Waals surface area contributed by atoms with E-state index in [-0.39, 0.29) is 5.57 Å². The zero-order chi connectivity index (χ0) is 21.7. The van der Waals surface area contributed by atoms with E-state index in [9.17, 15) is 10.5 Å². The molecule has 0 radical (unpaired) electrons. The normalized spacial score (nSPS) is 12.3. The maximum Gasteiger partial charge on any atom is 0.139 e. The molecule has 0 spiro atoms. The molecular weight excluding hydrogens is 376 g/mol. The molecule has 0 fully saturated rings. The second-order valence-electron chi connectivity index (χ2n) is 8.31. The molecule has 154 valence electrons. The molecule has 0 aliphatic carbocycles. The minimum absolute atomic E-state index is 0.0559. The van der Waals surface area contributed by atoms with Gasteiger partial charge >= 0.3 is 0 Å². The van der Waals surface area contributed by atoms with Crippen LogP contribution in [0.1, 0.15) is 45.2 Å². The molecule has 1 aliphatic heterocycles. The van der Waals surface area contributed by atoms with Gasteiger partial charge in [0.05, 0.1) is 5.60 Å². The molecule has 2 aromatic rings. The third-order valence-corrected chi connectivity index (χ3v) is 4.85. The van der Waals surface area contributed by atoms with E-state index in [1.54, 1.807) is 6.07 Å². The minimum atomic E-state index is -0.419. The SMILES string of the molecule is CC(C)CCOC(C)(C)COc1ccc2c(c1)Oc1ccccc1C2=C(C#N)C#N. The number of fused-ring (bicyclic) bond motifs is 2. The molecule has 0 aromatic heterocycles. The van der Waals surface area contributed by atoms with Gasteiger partial charge in [-0.05, 0) is 44.4 Å². The lowest BCUT2D eigenvalue weighted by Crippen LogP contribution is -2.33. The Labute approximate surface area is 178 Å². The van der Waals surface area contributed by atoms with Gasteiger partial charge in [-0.3, -0.25) is 0 Å². The summed E-state index contributed by atoms with van der Waals surface area (Å²) in [5.41, 5.74) is 1.65. The Kier molecular flexibility index (Phi) is 6.45. The lowest BCUT2D eigenvalue weighted by Gasteiger charge is -2.27. The molecule has 30 heavy (non-hydrogen) atoms. The fraction of sp³-hybridized carbons (Fsp3) is 0.360. The molecule has 3 rings (SSSR count). The topological polar surface area (TPSA) is 75.3 Å². The lowest BCUT2D eigenvalue weighted by molar-refractivity contribution is -0.0502. The summed E-state index contributed by atoms with van der Waals surface area (Å²) in [6.45, 7) is 9.44. The first-order valence-electron chi connectivity index (χ1n) is 10.1. The molecule has 0 saturated heterocycles. The third-order valence-electron chi connectivity index (χ3n) is 4.85. The van der Waals surface area contributed by atoms with Crippen LogP contribution in [-0.2, 0) is 4.74 Å². The van der Waals surface area contributed by atoms with Gasteiger partial charge in [-0.25, -0.2) is 0 Å². The first-order chi connectivity index (χ1) is 14.3. The first kappa shape index (κ1) is 21.4. The van der Waals surface area contributed by atoms with Crippen LogP contribution >= 0.6 is 0 Å². The van der Waals surface area contributed by atoms with Gasteiger partial charge in [-0.1, -0.05) is 32.0 Å². The van der Waals surface area contributed by atoms with Crippen LogP contribution in [0, 0.1) is 28.6 Å². The van der Waals surface area contributed by atoms with Gasteiger partial charge in [0.15, 0.2) is 0 Å². The maximum absolute atomic E-state index is 9.45. The molecule has 0 unspecified atom stereocenters. The van der Waals surface area contributed by atoms with Crippen molar-refractivity contribution in [2.45, 2.75) is 39.7 Å². The number of hydrogen-bond donors (Lipinski definition) is 0. The highest BCUT2D eigenvalue weighted by atomic mass is 16.5. The third kappa shape index (κ3) is 4.82. The minimum Gasteiger partial charge on any atom is -0.490 e. The molecular formula is C25H26N2O3. The van der Waals surface area contributed by atoms with Crippen molar-refractivity contribution in [3.8, 4) is 29.4 Å². The van der Waals surface area contributed by atoms with Crippen molar-refractivity contribution in [2.24, 2.45) is 5.92 Å². The van der Waals surface area contributed by atoms with Crippen LogP contribution in [0.2, 0.25) is 0 Å². The molecule has 2 aromatic carbocycles. The van der Waals surface area contributed by atoms with E-state index in [1.807, 2.05) is 62.4 Å². The highest BCUT2D eigenvalue weighted by Gasteiger charge is 2.26. The number of rotatable bonds is 7. The lowest BCUT2D eigenvalue weighted by atomic mass is 9.90. The van der Waals surface area contributed by atoms with Gasteiger partial charge in [-0.15, -0.1) is 0 Å². The molecule has 1 heterocycles. The van der Waals surface area contributed by atoms with Crippen molar-refractivity contribution in [2.75, 3.05) is 13.2 Å². The summed E-state index contributed by atoms with van der Waals surface area (Å²) in [6.07, 6.45) is 1.00. The predicted molar refractivity (Wildman–Crippen MR) is 115 cm³/mol. The van der Waals surface area contributed by atoms with Gasteiger partial charge < -0.3 is 14.2 Å². The Balaban J connectivity index is 1.84. The number of para-hydroxylation sites is 1. The van der Waals surface area contributed by atoms with Gasteiger partial charge in [0.1, 0.15) is 41.6 Å². The monoisotopic (exact) mass is 402 g/mol. The molecule has 0 atom stereocenters. The smallest absolute Gasteiger partial charge is 0.139 e. The van der Waals surface area contributed by atoms with Crippen molar-refractivity contribution in [3.05, 3.63) is 59.2 Å². The fourth-order valence-corrected chi connectivity index (χ4v) is 3.19. The average Bonchev–Trinajstić information content (AvgIpc) is 2.72. The summed E-state index contributed by atoms with van der Waals surface area (Å²) in [5.74, 6) is 2.40. The second kappa shape index (κ2) is 9.03. The zero-order valence-electron chi connectivity index (χ0n) is 17.9. The summed E-state index contributed by atoms with van der Waals surface area (Å²) in [4.78, 5) is 0. The van der Waals surface area contributed by atoms with Crippen molar-refractivity contribution >= 4 is 5.57 Å². The summed E-state index contributed by atoms with van der Waals surface area (Å²) in [6, 6.07) is 16.9. The van der Waals surface area contributed by atoms with Crippen LogP contribution in [0.25, 0.3) is 5.57 Å². The largest absolute Gasteiger partial charge is 0.490 e. The van der Waals surface area contributed by atoms with E-state index in [2.05, 4.69) is 13.8 Å². The number of hydrogen-bond acceptors (Lipinski definition) is 5. The quantitative estimate of drug-likeness (QED) is 0.463. The van der Waals surface area contributed by atoms with E-state index in [1.165, 1.54) is 0 Å². The predicted octanol–water partition coefficient (Wildman–Crippen LogP) is 5.86. The van der Waals surface area contributed by atoms with E-state index in [0.29, 0.717) is 47.5 Å². The molecule has 1 aliphatic rings. The summed E-state index contributed by atoms with van der Waals surface area (Å²) >= 11 is 0. The number of allylic oxidation sites excluding steroid dienone is 1. The van der Waals surface area contributed by atoms with Gasteiger partial charge in [0, 0.05) is 29.4 Å². The van der Waals surface area contributed by atoms with Crippen LogP contribution < -0.4 is 9.47 Å². The van der Waals surface area contributed by atoms with Gasteiger partial charge in [0.25, 0.3) is 0 Å². The molecule has 0 N–H and O–H groups in total. The van der Waals surface area contributed by atoms with Crippen molar-refractivity contribution in [1.29, 1.82) is 10.5 Å². The van der Waals surface area contributed by atoms with Crippen LogP contribution in [0.3, 0.4) is 0 Å². The molecule has 5 nitrogen and oxygen atoms in total. The molecule has 0 saturated carbocycles. The zero-order valence-corrected chi connectivity index (χ0v) is 17.9. The fourth-order valence-electron chi connectivity index (χ4n) is 3.19. The van der Waals surface area contributed by atoms with Crippen molar-refractivity contribution < 1.29 is 14.2 Å². The van der Waals surface area contributed by atoms with E-state index >= 15 is 0 Å². The average molecular weight is 402 g/mol. The number of ether oxygens (including phenoxy) is 3. The van der Waals surface area contributed by atoms with Gasteiger partial charge in [-0.2, -0.15) is 10.5 Å². The van der Waals surface area contributed by atoms with Gasteiger partial charge in [0.2, 0.25) is 0 Å². The number of benzene rings is 2. The van der Waals surface area contributed by atoms with Crippen LogP contribution in [0.5, 0.6) is 17.2 Å². The van der Waals surface area contributed by atoms with Crippen LogP contribution in [-0.4, -0.2) is 18.8 Å². The van der Waals surface area contributed by atoms with Crippen LogP contribution in [0.15, 0.2) is 48.0 Å². The Morgan fingerprint density at radius 1 is 1.03 bits per heavy atom. The first-order valence-corrected chi connectivity index (χ1v) is 10.1. The summed E-state index contributed by atoms with van der Waals surface area (Å²) < 4.78 is 18.0. The Hall–Kier alpha value is -3.28. The Morgan fingerprint density at radius 3 is 2.43 bits per heavy atom. The molecule has 0 amide bonds. The summed E-state index contributed by atoms with van der Waals surface area (Å²) in [5, 5.41) is 18.9. The van der Waals surface area contributed by atoms with E-state index < -0.39 is 5.60 Å². The Bertz CT molecular complexity index is 1020. The van der Waals surface area contributed by atoms with E-state index in [4.69, 9.17) is 14.2 Å². The second-order valence-corrected chi connectivity index (χ2v) is 8.31. The standard InChI is InChI=1S/C25H26N2O3/c1-17(2)11-12-29-25(3,4)16-28-19-9-10-21-23(13-19)30-22-8-6-5-7-20(22)24(21)18(14-26)15-27/h5-10,13,17H,11-12,16H2,1-4H3. The number of nitriles is 2. The summed E-state index contributed by atoms with van der Waals surface area (Å²) in [7, 11) is 0. The van der Waals surface area contributed by atoms with Crippen molar-refractivity contribution in [3.63, 3.8) is 0 Å². The maximum atomic E-state index is 9.45. The molecule has 0 bridgehead atoms. The highest BCUT2D eigenvalue weighted by molar-refractivity contribution is 5.93. The Morgan fingerprint density at radius 2 is 1.73 bits per heavy atom. The van der Waals surface area contributed by atoms with Crippen molar-refractivity contribution in [1.82, 2.24) is 0 Å². The van der Waals surface area contributed by atoms with Crippen LogP contribution in [0.4, 0.5) is 0 Å². The van der Waals surface area contributed by atoms with E-state index in [0.717, 1.165) is 12.0 Å². The molecule has 5 heteroatoms. The number of nitrogens with zero attached hydrogens (tertiary/aromatic N) is 2.